The summed E-state index contributed by atoms with van der Waals surface area (Å²) in [5, 5.41) is 0. The second-order valence-electron chi connectivity index (χ2n) is 2.98. The summed E-state index contributed by atoms with van der Waals surface area (Å²) in [6, 6.07) is 0. The van der Waals surface area contributed by atoms with Crippen molar-refractivity contribution in [1.82, 2.24) is 0 Å². The van der Waals surface area contributed by atoms with Crippen LogP contribution in [0.25, 0.3) is 0 Å². The van der Waals surface area contributed by atoms with Crippen LogP contribution in [0.3, 0.4) is 0 Å². The van der Waals surface area contributed by atoms with Crippen LogP contribution in [-0.4, -0.2) is 37.6 Å². The average Bonchev–Trinajstić information content (AvgIpc) is 2.45. The zero-order chi connectivity index (χ0) is 9.03. The summed E-state index contributed by atoms with van der Waals surface area (Å²) in [6.45, 7) is 5.52. The minimum absolute atomic E-state index is 0.0112. The van der Waals surface area contributed by atoms with E-state index in [-0.39, 0.29) is 6.10 Å². The van der Waals surface area contributed by atoms with E-state index in [1.807, 2.05) is 13.8 Å². The Morgan fingerprint density at radius 3 is 2.92 bits per heavy atom. The van der Waals surface area contributed by atoms with E-state index in [1.54, 1.807) is 0 Å². The van der Waals surface area contributed by atoms with Gasteiger partial charge in [-0.3, -0.25) is 0 Å². The maximum absolute atomic E-state index is 5.62. The smallest absolute Gasteiger partial charge is 0.189 e. The van der Waals surface area contributed by atoms with Crippen LogP contribution in [0.5, 0.6) is 0 Å². The zero-order valence-electron chi connectivity index (χ0n) is 7.51. The van der Waals surface area contributed by atoms with Gasteiger partial charge in [0, 0.05) is 6.61 Å². The van der Waals surface area contributed by atoms with Gasteiger partial charge in [-0.1, -0.05) is 0 Å². The molecule has 0 aromatic carbocycles. The van der Waals surface area contributed by atoms with Gasteiger partial charge in [0.2, 0.25) is 0 Å². The Morgan fingerprint density at radius 2 is 2.42 bits per heavy atom. The third-order valence-electron chi connectivity index (χ3n) is 1.73. The molecule has 1 aliphatic heterocycles. The first kappa shape index (κ1) is 10.3. The Bertz CT molecular complexity index is 142. The summed E-state index contributed by atoms with van der Waals surface area (Å²) >= 11 is 5.62. The lowest BCUT2D eigenvalue weighted by Gasteiger charge is -2.22. The first-order valence-electron chi connectivity index (χ1n) is 4.15. The normalized spacial score (nSPS) is 35.8. The molecule has 1 heterocycles. The quantitative estimate of drug-likeness (QED) is 0.634. The maximum atomic E-state index is 5.62. The molecular formula is C8H15ClO3. The molecule has 1 saturated heterocycles. The Kier molecular flexibility index (Phi) is 3.77. The van der Waals surface area contributed by atoms with Crippen LogP contribution in [0.15, 0.2) is 0 Å². The van der Waals surface area contributed by atoms with Gasteiger partial charge in [-0.2, -0.15) is 0 Å². The number of hydrogen-bond donors (Lipinski definition) is 0. The molecule has 3 nitrogen and oxygen atoms in total. The molecule has 4 heteroatoms. The first-order valence-corrected chi connectivity index (χ1v) is 4.69. The summed E-state index contributed by atoms with van der Waals surface area (Å²) in [5.41, 5.74) is 0. The van der Waals surface area contributed by atoms with Crippen LogP contribution >= 0.6 is 11.6 Å². The molecule has 2 atom stereocenters. The molecule has 0 aromatic heterocycles. The molecule has 0 spiro atoms. The highest BCUT2D eigenvalue weighted by Gasteiger charge is 2.36. The van der Waals surface area contributed by atoms with E-state index < -0.39 is 5.79 Å². The van der Waals surface area contributed by atoms with E-state index in [2.05, 4.69) is 0 Å². The molecule has 0 aliphatic carbocycles. The van der Waals surface area contributed by atoms with E-state index >= 15 is 0 Å². The Balaban J connectivity index is 2.31. The lowest BCUT2D eigenvalue weighted by Crippen LogP contribution is -2.33. The van der Waals surface area contributed by atoms with Crippen molar-refractivity contribution >= 4 is 11.6 Å². The second-order valence-corrected chi connectivity index (χ2v) is 3.28. The van der Waals surface area contributed by atoms with Crippen molar-refractivity contribution in [2.24, 2.45) is 0 Å². The third-order valence-corrected chi connectivity index (χ3v) is 2.08. The van der Waals surface area contributed by atoms with E-state index in [1.165, 1.54) is 0 Å². The summed E-state index contributed by atoms with van der Waals surface area (Å²) in [6.07, 6.45) is 0.0112. The standard InChI is InChI=1S/C8H15ClO3/c1-3-10-6-8(2)11-5-7(4-9)12-8/h7H,3-6H2,1-2H3. The van der Waals surface area contributed by atoms with Crippen LogP contribution in [0, 0.1) is 0 Å². The predicted molar refractivity (Wildman–Crippen MR) is 46.4 cm³/mol. The van der Waals surface area contributed by atoms with Crippen molar-refractivity contribution < 1.29 is 14.2 Å². The minimum atomic E-state index is -0.588. The van der Waals surface area contributed by atoms with Crippen LogP contribution in [0.2, 0.25) is 0 Å². The predicted octanol–water partition coefficient (Wildman–Crippen LogP) is 1.39. The Morgan fingerprint density at radius 1 is 1.67 bits per heavy atom. The topological polar surface area (TPSA) is 27.7 Å². The van der Waals surface area contributed by atoms with Gasteiger partial charge in [0.05, 0.1) is 18.6 Å². The highest BCUT2D eigenvalue weighted by atomic mass is 35.5. The molecule has 1 fully saturated rings. The molecule has 0 radical (unpaired) electrons. The Labute approximate surface area is 77.9 Å². The van der Waals surface area contributed by atoms with Crippen molar-refractivity contribution in [2.45, 2.75) is 25.7 Å². The van der Waals surface area contributed by atoms with Gasteiger partial charge in [0.25, 0.3) is 0 Å². The van der Waals surface area contributed by atoms with Crippen molar-refractivity contribution in [1.29, 1.82) is 0 Å². The van der Waals surface area contributed by atoms with E-state index in [9.17, 15) is 0 Å². The fraction of sp³-hybridized carbons (Fsp3) is 1.00. The van der Waals surface area contributed by atoms with Crippen LogP contribution in [0.1, 0.15) is 13.8 Å². The van der Waals surface area contributed by atoms with E-state index in [4.69, 9.17) is 25.8 Å². The van der Waals surface area contributed by atoms with E-state index in [0.29, 0.717) is 25.7 Å². The zero-order valence-corrected chi connectivity index (χ0v) is 8.26. The van der Waals surface area contributed by atoms with Crippen molar-refractivity contribution in [3.8, 4) is 0 Å². The molecule has 1 aliphatic rings. The molecule has 2 unspecified atom stereocenters. The average molecular weight is 195 g/mol. The van der Waals surface area contributed by atoms with Crippen molar-refractivity contribution in [3.63, 3.8) is 0 Å². The van der Waals surface area contributed by atoms with Gasteiger partial charge in [-0.15, -0.1) is 11.6 Å². The molecule has 0 amide bonds. The summed E-state index contributed by atoms with van der Waals surface area (Å²) in [4.78, 5) is 0. The Hall–Kier alpha value is 0.170. The highest BCUT2D eigenvalue weighted by Crippen LogP contribution is 2.24. The van der Waals surface area contributed by atoms with Crippen molar-refractivity contribution in [3.05, 3.63) is 0 Å². The molecule has 0 N–H and O–H groups in total. The monoisotopic (exact) mass is 194 g/mol. The van der Waals surface area contributed by atoms with E-state index in [0.717, 1.165) is 0 Å². The molecule has 0 bridgehead atoms. The third kappa shape index (κ3) is 2.59. The number of hydrogen-bond acceptors (Lipinski definition) is 3. The van der Waals surface area contributed by atoms with Crippen LogP contribution in [-0.2, 0) is 14.2 Å². The number of alkyl halides is 1. The molecular weight excluding hydrogens is 180 g/mol. The number of halogens is 1. The fourth-order valence-corrected chi connectivity index (χ4v) is 1.28. The maximum Gasteiger partial charge on any atom is 0.189 e. The lowest BCUT2D eigenvalue weighted by atomic mass is 10.3. The number of rotatable bonds is 4. The van der Waals surface area contributed by atoms with Gasteiger partial charge in [0.1, 0.15) is 6.61 Å². The summed E-state index contributed by atoms with van der Waals surface area (Å²) in [7, 11) is 0. The SMILES string of the molecule is CCOCC1(C)OCC(CCl)O1. The largest absolute Gasteiger partial charge is 0.376 e. The summed E-state index contributed by atoms with van der Waals surface area (Å²) < 4.78 is 16.2. The van der Waals surface area contributed by atoms with Crippen LogP contribution < -0.4 is 0 Å². The molecule has 0 aromatic rings. The van der Waals surface area contributed by atoms with Crippen molar-refractivity contribution in [2.75, 3.05) is 25.7 Å². The second kappa shape index (κ2) is 4.42. The van der Waals surface area contributed by atoms with Crippen LogP contribution in [0.4, 0.5) is 0 Å². The highest BCUT2D eigenvalue weighted by molar-refractivity contribution is 6.18. The van der Waals surface area contributed by atoms with Gasteiger partial charge in [-0.25, -0.2) is 0 Å². The summed E-state index contributed by atoms with van der Waals surface area (Å²) in [5.74, 6) is -0.114. The molecule has 1 rings (SSSR count). The van der Waals surface area contributed by atoms with Gasteiger partial charge < -0.3 is 14.2 Å². The fourth-order valence-electron chi connectivity index (χ4n) is 1.13. The van der Waals surface area contributed by atoms with Gasteiger partial charge in [0.15, 0.2) is 5.79 Å². The molecule has 72 valence electrons. The lowest BCUT2D eigenvalue weighted by molar-refractivity contribution is -0.186. The van der Waals surface area contributed by atoms with Gasteiger partial charge >= 0.3 is 0 Å². The molecule has 0 saturated carbocycles. The first-order chi connectivity index (χ1) is 5.70. The van der Waals surface area contributed by atoms with Gasteiger partial charge in [-0.05, 0) is 13.8 Å². The number of ether oxygens (including phenoxy) is 3. The minimum Gasteiger partial charge on any atom is -0.376 e. The molecule has 12 heavy (non-hydrogen) atoms.